The van der Waals surface area contributed by atoms with Crippen LogP contribution in [-0.4, -0.2) is 58.6 Å². The molecule has 1 aromatic carbocycles. The van der Waals surface area contributed by atoms with Gasteiger partial charge < -0.3 is 20.1 Å². The van der Waals surface area contributed by atoms with Crippen molar-refractivity contribution in [2.24, 2.45) is 0 Å². The second-order valence-corrected chi connectivity index (χ2v) is 8.16. The fourth-order valence-electron chi connectivity index (χ4n) is 3.68. The number of H-pyrrole nitrogens is 1. The van der Waals surface area contributed by atoms with Crippen LogP contribution in [0.3, 0.4) is 0 Å². The number of para-hydroxylation sites is 1. The van der Waals surface area contributed by atoms with Crippen molar-refractivity contribution in [3.05, 3.63) is 63.3 Å². The van der Waals surface area contributed by atoms with Crippen LogP contribution in [-0.2, 0) is 17.9 Å². The van der Waals surface area contributed by atoms with E-state index < -0.39 is 0 Å². The molecule has 1 aliphatic rings. The fourth-order valence-corrected chi connectivity index (χ4v) is 3.97. The predicted octanol–water partition coefficient (Wildman–Crippen LogP) is 1.91. The average molecular weight is 439 g/mol. The number of carbonyl (C=O) groups excluding carboxylic acids is 1. The first-order valence-electron chi connectivity index (χ1n) is 10.4. The van der Waals surface area contributed by atoms with Gasteiger partial charge in [0.1, 0.15) is 5.82 Å². The summed E-state index contributed by atoms with van der Waals surface area (Å²) in [5.41, 5.74) is 1.52. The second kappa shape index (κ2) is 9.40. The standard InChI is InChI=1S/C22H26N6O2S/c1-26-10-12-27(13-11-26)19-14-16(6-8-23-19)15-24-20(29)7-9-28-21(30)17-4-2-3-5-18(17)25-22(28)31/h2-6,8,14H,7,9-13,15H2,1H3,(H,24,29)(H,25,31). The van der Waals surface area contributed by atoms with Crippen molar-refractivity contribution in [2.45, 2.75) is 19.5 Å². The molecule has 0 spiro atoms. The minimum absolute atomic E-state index is 0.132. The molecule has 162 valence electrons. The molecule has 4 rings (SSSR count). The van der Waals surface area contributed by atoms with Gasteiger partial charge in [0.25, 0.3) is 5.56 Å². The van der Waals surface area contributed by atoms with Gasteiger partial charge in [-0.05, 0) is 49.1 Å². The zero-order valence-corrected chi connectivity index (χ0v) is 18.3. The summed E-state index contributed by atoms with van der Waals surface area (Å²) in [4.78, 5) is 37.2. The molecule has 31 heavy (non-hydrogen) atoms. The Kier molecular flexibility index (Phi) is 6.43. The van der Waals surface area contributed by atoms with Crippen molar-refractivity contribution in [1.82, 2.24) is 24.8 Å². The topological polar surface area (TPSA) is 86.3 Å². The number of nitrogens with zero attached hydrogens (tertiary/aromatic N) is 4. The maximum atomic E-state index is 12.7. The third kappa shape index (κ3) is 5.00. The number of pyridine rings is 1. The van der Waals surface area contributed by atoms with E-state index in [0.29, 0.717) is 22.2 Å². The quantitative estimate of drug-likeness (QED) is 0.572. The number of aromatic amines is 1. The largest absolute Gasteiger partial charge is 0.354 e. The first kappa shape index (κ1) is 21.2. The molecular weight excluding hydrogens is 412 g/mol. The highest BCUT2D eigenvalue weighted by atomic mass is 32.1. The van der Waals surface area contributed by atoms with Gasteiger partial charge in [-0.1, -0.05) is 12.1 Å². The average Bonchev–Trinajstić information content (AvgIpc) is 2.78. The second-order valence-electron chi connectivity index (χ2n) is 7.77. The molecule has 1 fully saturated rings. The van der Waals surface area contributed by atoms with E-state index in [-0.39, 0.29) is 24.4 Å². The van der Waals surface area contributed by atoms with E-state index in [1.54, 1.807) is 12.3 Å². The number of likely N-dealkylation sites (N-methyl/N-ethyl adjacent to an activating group) is 1. The number of hydrogen-bond donors (Lipinski definition) is 2. The van der Waals surface area contributed by atoms with Gasteiger partial charge in [0.15, 0.2) is 4.77 Å². The monoisotopic (exact) mass is 438 g/mol. The number of rotatable bonds is 6. The highest BCUT2D eigenvalue weighted by Gasteiger charge is 2.15. The first-order valence-corrected chi connectivity index (χ1v) is 10.8. The predicted molar refractivity (Wildman–Crippen MR) is 124 cm³/mol. The number of benzene rings is 1. The molecule has 1 aliphatic heterocycles. The first-order chi connectivity index (χ1) is 15.0. The van der Waals surface area contributed by atoms with Gasteiger partial charge in [-0.15, -0.1) is 0 Å². The summed E-state index contributed by atoms with van der Waals surface area (Å²) in [6, 6.07) is 11.2. The Morgan fingerprint density at radius 3 is 2.77 bits per heavy atom. The van der Waals surface area contributed by atoms with Gasteiger partial charge in [-0.25, -0.2) is 4.98 Å². The molecule has 8 nitrogen and oxygen atoms in total. The third-order valence-electron chi connectivity index (χ3n) is 5.58. The van der Waals surface area contributed by atoms with Crippen LogP contribution >= 0.6 is 12.2 Å². The smallest absolute Gasteiger partial charge is 0.262 e. The summed E-state index contributed by atoms with van der Waals surface area (Å²) in [6.45, 7) is 4.56. The number of amides is 1. The summed E-state index contributed by atoms with van der Waals surface area (Å²) in [5, 5.41) is 3.49. The molecule has 0 aliphatic carbocycles. The molecule has 0 saturated carbocycles. The molecule has 3 heterocycles. The Labute approximate surface area is 185 Å². The van der Waals surface area contributed by atoms with E-state index in [9.17, 15) is 9.59 Å². The van der Waals surface area contributed by atoms with Crippen LogP contribution < -0.4 is 15.8 Å². The summed E-state index contributed by atoms with van der Waals surface area (Å²) in [5.74, 6) is 0.807. The molecule has 2 aromatic heterocycles. The van der Waals surface area contributed by atoms with Crippen molar-refractivity contribution >= 4 is 34.8 Å². The zero-order valence-electron chi connectivity index (χ0n) is 17.5. The Hall–Kier alpha value is -3.04. The number of carbonyl (C=O) groups is 1. The maximum absolute atomic E-state index is 12.7. The molecule has 9 heteroatoms. The maximum Gasteiger partial charge on any atom is 0.262 e. The molecule has 3 aromatic rings. The summed E-state index contributed by atoms with van der Waals surface area (Å²) in [7, 11) is 2.12. The molecule has 0 bridgehead atoms. The lowest BCUT2D eigenvalue weighted by Crippen LogP contribution is -2.44. The van der Waals surface area contributed by atoms with Crippen molar-refractivity contribution < 1.29 is 4.79 Å². The van der Waals surface area contributed by atoms with Crippen LogP contribution in [0.4, 0.5) is 5.82 Å². The lowest BCUT2D eigenvalue weighted by molar-refractivity contribution is -0.121. The van der Waals surface area contributed by atoms with Crippen LogP contribution in [0.25, 0.3) is 10.9 Å². The Morgan fingerprint density at radius 2 is 1.97 bits per heavy atom. The minimum atomic E-state index is -0.182. The number of nitrogens with one attached hydrogen (secondary N) is 2. The van der Waals surface area contributed by atoms with Gasteiger partial charge in [-0.2, -0.15) is 0 Å². The molecule has 0 unspecified atom stereocenters. The molecule has 0 radical (unpaired) electrons. The third-order valence-corrected chi connectivity index (χ3v) is 5.90. The molecule has 2 N–H and O–H groups in total. The lowest BCUT2D eigenvalue weighted by Gasteiger charge is -2.33. The van der Waals surface area contributed by atoms with Crippen LogP contribution in [0.1, 0.15) is 12.0 Å². The van der Waals surface area contributed by atoms with Crippen molar-refractivity contribution in [2.75, 3.05) is 38.1 Å². The van der Waals surface area contributed by atoms with Crippen LogP contribution in [0.15, 0.2) is 47.4 Å². The molecule has 1 saturated heterocycles. The van der Waals surface area contributed by atoms with Gasteiger partial charge in [0, 0.05) is 51.9 Å². The van der Waals surface area contributed by atoms with E-state index in [4.69, 9.17) is 12.2 Å². The Balaban J connectivity index is 1.35. The minimum Gasteiger partial charge on any atom is -0.354 e. The molecule has 0 atom stereocenters. The SMILES string of the molecule is CN1CCN(c2cc(CNC(=O)CCn3c(=S)[nH]c4ccccc4c3=O)ccn2)CC1. The highest BCUT2D eigenvalue weighted by molar-refractivity contribution is 7.71. The summed E-state index contributed by atoms with van der Waals surface area (Å²) >= 11 is 5.30. The van der Waals surface area contributed by atoms with Gasteiger partial charge in [0.05, 0.1) is 10.9 Å². The van der Waals surface area contributed by atoms with Crippen LogP contribution in [0, 0.1) is 4.77 Å². The normalized spacial score (nSPS) is 14.7. The van der Waals surface area contributed by atoms with E-state index in [0.717, 1.165) is 37.6 Å². The molecule has 1 amide bonds. The lowest BCUT2D eigenvalue weighted by atomic mass is 10.2. The van der Waals surface area contributed by atoms with Crippen LogP contribution in [0.5, 0.6) is 0 Å². The number of anilines is 1. The summed E-state index contributed by atoms with van der Waals surface area (Å²) < 4.78 is 1.76. The zero-order chi connectivity index (χ0) is 21.8. The summed E-state index contributed by atoms with van der Waals surface area (Å²) in [6.07, 6.45) is 1.95. The van der Waals surface area contributed by atoms with Gasteiger partial charge >= 0.3 is 0 Å². The highest BCUT2D eigenvalue weighted by Crippen LogP contribution is 2.14. The van der Waals surface area contributed by atoms with Crippen LogP contribution in [0.2, 0.25) is 0 Å². The van der Waals surface area contributed by atoms with Gasteiger partial charge in [-0.3, -0.25) is 14.2 Å². The Bertz CT molecular complexity index is 1200. The number of hydrogen-bond acceptors (Lipinski definition) is 6. The Morgan fingerprint density at radius 1 is 1.19 bits per heavy atom. The van der Waals surface area contributed by atoms with E-state index in [1.807, 2.05) is 30.3 Å². The number of piperazine rings is 1. The van der Waals surface area contributed by atoms with Crippen molar-refractivity contribution in [3.8, 4) is 0 Å². The molecular formula is C22H26N6O2S. The van der Waals surface area contributed by atoms with E-state index in [2.05, 4.69) is 32.1 Å². The fraction of sp³-hybridized carbons (Fsp3) is 0.364. The van der Waals surface area contributed by atoms with Crippen molar-refractivity contribution in [3.63, 3.8) is 0 Å². The van der Waals surface area contributed by atoms with E-state index in [1.165, 1.54) is 4.57 Å². The number of aromatic nitrogens is 3. The van der Waals surface area contributed by atoms with E-state index >= 15 is 0 Å². The van der Waals surface area contributed by atoms with Crippen molar-refractivity contribution in [1.29, 1.82) is 0 Å². The number of fused-ring (bicyclic) bond motifs is 1. The van der Waals surface area contributed by atoms with Gasteiger partial charge in [0.2, 0.25) is 5.91 Å².